The van der Waals surface area contributed by atoms with E-state index in [1.165, 1.54) is 6.20 Å². The van der Waals surface area contributed by atoms with Crippen molar-refractivity contribution < 1.29 is 14.3 Å². The minimum atomic E-state index is -0.431. The third-order valence-electron chi connectivity index (χ3n) is 2.57. The van der Waals surface area contributed by atoms with Gasteiger partial charge in [-0.2, -0.15) is 0 Å². The summed E-state index contributed by atoms with van der Waals surface area (Å²) in [5, 5.41) is 0. The van der Waals surface area contributed by atoms with Crippen LogP contribution in [0.5, 0.6) is 5.75 Å². The van der Waals surface area contributed by atoms with Crippen molar-refractivity contribution in [2.75, 3.05) is 7.11 Å². The molecule has 2 aromatic rings. The second kappa shape index (κ2) is 6.33. The molecule has 0 unspecified atom stereocenters. The monoisotopic (exact) mass is 271 g/mol. The zero-order chi connectivity index (χ0) is 14.4. The van der Waals surface area contributed by atoms with Gasteiger partial charge in [0.2, 0.25) is 0 Å². The molecule has 0 radical (unpaired) electrons. The van der Waals surface area contributed by atoms with Gasteiger partial charge in [-0.1, -0.05) is 0 Å². The highest BCUT2D eigenvalue weighted by atomic mass is 16.5. The molecular weight excluding hydrogens is 258 g/mol. The zero-order valence-corrected chi connectivity index (χ0v) is 10.8. The minimum absolute atomic E-state index is 0.363. The Bertz CT molecular complexity index is 597. The number of nitrogens with one attached hydrogen (secondary N) is 2. The van der Waals surface area contributed by atoms with Crippen LogP contribution in [0.3, 0.4) is 0 Å². The number of nitrogens with zero attached hydrogens (tertiary/aromatic N) is 1. The number of ether oxygens (including phenoxy) is 1. The lowest BCUT2D eigenvalue weighted by atomic mass is 10.2. The van der Waals surface area contributed by atoms with Crippen LogP contribution >= 0.6 is 0 Å². The van der Waals surface area contributed by atoms with Crippen LogP contribution in [-0.2, 0) is 0 Å². The van der Waals surface area contributed by atoms with E-state index in [1.807, 2.05) is 0 Å². The first-order valence-corrected chi connectivity index (χ1v) is 5.85. The molecule has 1 aromatic carbocycles. The molecule has 0 bridgehead atoms. The molecule has 2 amide bonds. The number of hydrazine groups is 1. The van der Waals surface area contributed by atoms with E-state index in [1.54, 1.807) is 49.7 Å². The fraction of sp³-hybridized carbons (Fsp3) is 0.0714. The van der Waals surface area contributed by atoms with Crippen LogP contribution < -0.4 is 15.6 Å². The van der Waals surface area contributed by atoms with Crippen molar-refractivity contribution in [2.45, 2.75) is 0 Å². The van der Waals surface area contributed by atoms with Crippen molar-refractivity contribution in [3.8, 4) is 5.75 Å². The number of methoxy groups -OCH3 is 1. The first-order chi connectivity index (χ1) is 9.70. The Morgan fingerprint density at radius 1 is 1.00 bits per heavy atom. The summed E-state index contributed by atoms with van der Waals surface area (Å²) in [6, 6.07) is 9.77. The number of aromatic nitrogens is 1. The number of rotatable bonds is 3. The molecule has 2 rings (SSSR count). The quantitative estimate of drug-likeness (QED) is 0.821. The van der Waals surface area contributed by atoms with Gasteiger partial charge in [0, 0.05) is 18.0 Å². The van der Waals surface area contributed by atoms with E-state index < -0.39 is 11.8 Å². The second-order valence-electron chi connectivity index (χ2n) is 3.88. The third kappa shape index (κ3) is 3.32. The lowest BCUT2D eigenvalue weighted by molar-refractivity contribution is 0.0846. The van der Waals surface area contributed by atoms with Crippen molar-refractivity contribution in [1.82, 2.24) is 15.8 Å². The smallest absolute Gasteiger partial charge is 0.271 e. The highest BCUT2D eigenvalue weighted by Gasteiger charge is 2.08. The fourth-order valence-corrected chi connectivity index (χ4v) is 1.50. The van der Waals surface area contributed by atoms with E-state index in [9.17, 15) is 9.59 Å². The van der Waals surface area contributed by atoms with E-state index in [0.717, 1.165) is 0 Å². The molecule has 0 spiro atoms. The largest absolute Gasteiger partial charge is 0.497 e. The number of benzene rings is 1. The van der Waals surface area contributed by atoms with E-state index in [-0.39, 0.29) is 0 Å². The molecule has 0 aliphatic rings. The van der Waals surface area contributed by atoms with Crippen LogP contribution in [0.15, 0.2) is 48.8 Å². The Kier molecular flexibility index (Phi) is 4.28. The standard InChI is InChI=1S/C14H13N3O3/c1-20-12-6-4-10(5-7-12)13(18)16-17-14(19)11-3-2-8-15-9-11/h2-9H,1H3,(H,16,18)(H,17,19). The number of hydrogen-bond donors (Lipinski definition) is 2. The average molecular weight is 271 g/mol. The molecule has 0 saturated heterocycles. The maximum absolute atomic E-state index is 11.8. The maximum Gasteiger partial charge on any atom is 0.271 e. The number of carbonyl (C=O) groups is 2. The van der Waals surface area contributed by atoms with E-state index >= 15 is 0 Å². The summed E-state index contributed by atoms with van der Waals surface area (Å²) in [5.74, 6) is -0.189. The molecule has 6 heteroatoms. The van der Waals surface area contributed by atoms with Crippen LogP contribution in [0.1, 0.15) is 20.7 Å². The maximum atomic E-state index is 11.8. The van der Waals surface area contributed by atoms with Gasteiger partial charge >= 0.3 is 0 Å². The fourth-order valence-electron chi connectivity index (χ4n) is 1.50. The molecule has 0 aliphatic carbocycles. The van der Waals surface area contributed by atoms with Gasteiger partial charge in [-0.05, 0) is 36.4 Å². The van der Waals surface area contributed by atoms with Gasteiger partial charge in [-0.15, -0.1) is 0 Å². The lowest BCUT2D eigenvalue weighted by Gasteiger charge is -2.07. The highest BCUT2D eigenvalue weighted by molar-refractivity contribution is 5.98. The van der Waals surface area contributed by atoms with Gasteiger partial charge in [-0.25, -0.2) is 0 Å². The second-order valence-corrected chi connectivity index (χ2v) is 3.88. The van der Waals surface area contributed by atoms with Crippen molar-refractivity contribution >= 4 is 11.8 Å². The lowest BCUT2D eigenvalue weighted by Crippen LogP contribution is -2.41. The Labute approximate surface area is 115 Å². The molecule has 6 nitrogen and oxygen atoms in total. The summed E-state index contributed by atoms with van der Waals surface area (Å²) in [4.78, 5) is 27.3. The summed E-state index contributed by atoms with van der Waals surface area (Å²) >= 11 is 0. The predicted molar refractivity (Wildman–Crippen MR) is 72.2 cm³/mol. The van der Waals surface area contributed by atoms with Gasteiger partial charge < -0.3 is 4.74 Å². The van der Waals surface area contributed by atoms with Gasteiger partial charge in [0.15, 0.2) is 0 Å². The molecule has 1 heterocycles. The predicted octanol–water partition coefficient (Wildman–Crippen LogP) is 1.17. The van der Waals surface area contributed by atoms with Crippen LogP contribution in [-0.4, -0.2) is 23.9 Å². The molecule has 102 valence electrons. The molecular formula is C14H13N3O3. The molecule has 0 atom stereocenters. The molecule has 0 fully saturated rings. The Hall–Kier alpha value is -2.89. The van der Waals surface area contributed by atoms with Crippen LogP contribution in [0, 0.1) is 0 Å². The highest BCUT2D eigenvalue weighted by Crippen LogP contribution is 2.10. The van der Waals surface area contributed by atoms with Crippen molar-refractivity contribution in [3.63, 3.8) is 0 Å². The van der Waals surface area contributed by atoms with Crippen LogP contribution in [0.2, 0.25) is 0 Å². The van der Waals surface area contributed by atoms with Crippen LogP contribution in [0.4, 0.5) is 0 Å². The number of amides is 2. The summed E-state index contributed by atoms with van der Waals surface area (Å²) in [5.41, 5.74) is 5.42. The Morgan fingerprint density at radius 2 is 1.65 bits per heavy atom. The number of carbonyl (C=O) groups excluding carboxylic acids is 2. The molecule has 0 saturated carbocycles. The summed E-state index contributed by atoms with van der Waals surface area (Å²) in [7, 11) is 1.54. The summed E-state index contributed by atoms with van der Waals surface area (Å²) in [6.07, 6.45) is 2.97. The molecule has 20 heavy (non-hydrogen) atoms. The van der Waals surface area contributed by atoms with Gasteiger partial charge in [0.05, 0.1) is 12.7 Å². The number of hydrogen-bond acceptors (Lipinski definition) is 4. The van der Waals surface area contributed by atoms with E-state index in [0.29, 0.717) is 16.9 Å². The zero-order valence-electron chi connectivity index (χ0n) is 10.8. The van der Waals surface area contributed by atoms with Crippen LogP contribution in [0.25, 0.3) is 0 Å². The first-order valence-electron chi connectivity index (χ1n) is 5.85. The molecule has 0 aliphatic heterocycles. The Morgan fingerprint density at radius 3 is 2.20 bits per heavy atom. The minimum Gasteiger partial charge on any atom is -0.497 e. The number of pyridine rings is 1. The van der Waals surface area contributed by atoms with Crippen molar-refractivity contribution in [2.24, 2.45) is 0 Å². The van der Waals surface area contributed by atoms with E-state index in [2.05, 4.69) is 15.8 Å². The molecule has 2 N–H and O–H groups in total. The topological polar surface area (TPSA) is 80.3 Å². The van der Waals surface area contributed by atoms with Crippen molar-refractivity contribution in [1.29, 1.82) is 0 Å². The van der Waals surface area contributed by atoms with Gasteiger partial charge in [-0.3, -0.25) is 25.4 Å². The van der Waals surface area contributed by atoms with Crippen molar-refractivity contribution in [3.05, 3.63) is 59.9 Å². The average Bonchev–Trinajstić information content (AvgIpc) is 2.53. The third-order valence-corrected chi connectivity index (χ3v) is 2.57. The first kappa shape index (κ1) is 13.5. The van der Waals surface area contributed by atoms with Gasteiger partial charge in [0.25, 0.3) is 11.8 Å². The SMILES string of the molecule is COc1ccc(C(=O)NNC(=O)c2cccnc2)cc1. The summed E-state index contributed by atoms with van der Waals surface area (Å²) < 4.78 is 5.00. The molecule has 1 aromatic heterocycles. The normalized spacial score (nSPS) is 9.65. The summed E-state index contributed by atoms with van der Waals surface area (Å²) in [6.45, 7) is 0. The van der Waals surface area contributed by atoms with E-state index in [4.69, 9.17) is 4.74 Å². The van der Waals surface area contributed by atoms with Gasteiger partial charge in [0.1, 0.15) is 5.75 Å². The Balaban J connectivity index is 1.93.